The number of benzene rings is 1. The summed E-state index contributed by atoms with van der Waals surface area (Å²) in [5.74, 6) is -0.123. The topological polar surface area (TPSA) is 111 Å². The molecule has 1 aromatic heterocycles. The van der Waals surface area contributed by atoms with Gasteiger partial charge >= 0.3 is 12.1 Å². The lowest BCUT2D eigenvalue weighted by Gasteiger charge is -2.26. The predicted molar refractivity (Wildman–Crippen MR) is 99.5 cm³/mol. The number of carbonyl (C=O) groups is 2. The smallest absolute Gasteiger partial charge is 0.411 e. The molecule has 1 amide bonds. The number of ether oxygens (including phenoxy) is 3. The summed E-state index contributed by atoms with van der Waals surface area (Å²) in [5.41, 5.74) is -0.0813. The third kappa shape index (κ3) is 4.24. The summed E-state index contributed by atoms with van der Waals surface area (Å²) in [6, 6.07) is 4.28. The Bertz CT molecular complexity index is 895. The van der Waals surface area contributed by atoms with Crippen LogP contribution in [0.3, 0.4) is 0 Å². The maximum atomic E-state index is 12.4. The van der Waals surface area contributed by atoms with Crippen molar-refractivity contribution in [3.05, 3.63) is 24.5 Å². The van der Waals surface area contributed by atoms with Crippen LogP contribution in [0.4, 0.5) is 4.79 Å². The first-order valence-corrected chi connectivity index (χ1v) is 8.86. The van der Waals surface area contributed by atoms with E-state index in [4.69, 9.17) is 14.2 Å². The van der Waals surface area contributed by atoms with Crippen molar-refractivity contribution in [3.8, 4) is 11.6 Å². The molecule has 0 saturated carbocycles. The highest BCUT2D eigenvalue weighted by Gasteiger charge is 2.43. The zero-order chi connectivity index (χ0) is 20.5. The molecule has 2 atom stereocenters. The summed E-state index contributed by atoms with van der Waals surface area (Å²) in [6.45, 7) is 5.28. The second-order valence-corrected chi connectivity index (χ2v) is 7.52. The van der Waals surface area contributed by atoms with Gasteiger partial charge in [-0.3, -0.25) is 4.90 Å². The molecule has 1 saturated heterocycles. The van der Waals surface area contributed by atoms with E-state index in [1.165, 1.54) is 11.2 Å². The number of amides is 1. The van der Waals surface area contributed by atoms with Crippen molar-refractivity contribution in [1.29, 1.82) is 0 Å². The van der Waals surface area contributed by atoms with Crippen molar-refractivity contribution in [2.24, 2.45) is 0 Å². The fourth-order valence-electron chi connectivity index (χ4n) is 3.03. The molecule has 2 aromatic rings. The van der Waals surface area contributed by atoms with E-state index < -0.39 is 29.8 Å². The maximum Gasteiger partial charge on any atom is 0.411 e. The van der Waals surface area contributed by atoms with Crippen LogP contribution in [0.1, 0.15) is 27.2 Å². The third-order valence-corrected chi connectivity index (χ3v) is 4.26. The van der Waals surface area contributed by atoms with Crippen molar-refractivity contribution < 1.29 is 28.9 Å². The van der Waals surface area contributed by atoms with Gasteiger partial charge in [0.2, 0.25) is 5.88 Å². The van der Waals surface area contributed by atoms with Gasteiger partial charge < -0.3 is 19.3 Å². The summed E-state index contributed by atoms with van der Waals surface area (Å²) in [5, 5.41) is 10.2. The quantitative estimate of drug-likeness (QED) is 0.849. The highest BCUT2D eigenvalue weighted by Crippen LogP contribution is 2.29. The van der Waals surface area contributed by atoms with E-state index in [1.54, 1.807) is 46.1 Å². The highest BCUT2D eigenvalue weighted by atomic mass is 16.6. The number of carboxylic acids is 1. The predicted octanol–water partition coefficient (Wildman–Crippen LogP) is 2.48. The van der Waals surface area contributed by atoms with Gasteiger partial charge in [0.25, 0.3) is 0 Å². The Labute approximate surface area is 162 Å². The number of carbonyl (C=O) groups excluding carboxylic acids is 1. The Morgan fingerprint density at radius 2 is 2.00 bits per heavy atom. The molecule has 2 heterocycles. The lowest BCUT2D eigenvalue weighted by Crippen LogP contribution is -2.43. The fourth-order valence-corrected chi connectivity index (χ4v) is 3.03. The van der Waals surface area contributed by atoms with Gasteiger partial charge in [-0.25, -0.2) is 19.6 Å². The molecule has 0 spiro atoms. The monoisotopic (exact) mass is 389 g/mol. The largest absolute Gasteiger partial charge is 0.497 e. The number of aromatic nitrogens is 2. The molecule has 150 valence electrons. The van der Waals surface area contributed by atoms with Gasteiger partial charge in [0, 0.05) is 12.5 Å². The molecule has 0 bridgehead atoms. The lowest BCUT2D eigenvalue weighted by atomic mass is 10.2. The molecule has 0 aliphatic carbocycles. The van der Waals surface area contributed by atoms with Crippen LogP contribution in [-0.2, 0) is 9.53 Å². The van der Waals surface area contributed by atoms with Crippen LogP contribution in [0.15, 0.2) is 24.5 Å². The van der Waals surface area contributed by atoms with Gasteiger partial charge in [0.1, 0.15) is 29.8 Å². The van der Waals surface area contributed by atoms with Gasteiger partial charge in [-0.2, -0.15) is 0 Å². The zero-order valence-corrected chi connectivity index (χ0v) is 16.2. The zero-order valence-electron chi connectivity index (χ0n) is 16.2. The summed E-state index contributed by atoms with van der Waals surface area (Å²) >= 11 is 0. The van der Waals surface area contributed by atoms with Crippen molar-refractivity contribution in [2.75, 3.05) is 13.7 Å². The molecule has 1 aliphatic rings. The van der Waals surface area contributed by atoms with Gasteiger partial charge in [0.05, 0.1) is 24.6 Å². The minimum Gasteiger partial charge on any atom is -0.497 e. The average Bonchev–Trinajstić information content (AvgIpc) is 3.04. The molecule has 9 nitrogen and oxygen atoms in total. The minimum absolute atomic E-state index is 0.0908. The standard InChI is InChI=1S/C19H23N3O6/c1-19(2,3)28-18(25)22-9-12(8-15(22)17(23)24)27-16-13-6-5-11(26-4)7-14(13)20-10-21-16/h5-7,10,12,15H,8-9H2,1-4H3,(H,23,24)/t12-,15+/m1/s1. The third-order valence-electron chi connectivity index (χ3n) is 4.26. The fraction of sp³-hybridized carbons (Fsp3) is 0.474. The van der Waals surface area contributed by atoms with Gasteiger partial charge in [-0.15, -0.1) is 0 Å². The molecule has 1 N–H and O–H groups in total. The number of nitrogens with zero attached hydrogens (tertiary/aromatic N) is 3. The molecule has 0 unspecified atom stereocenters. The SMILES string of the molecule is COc1ccc2c(O[C@@H]3C[C@@H](C(=O)O)N(C(=O)OC(C)(C)C)C3)ncnc2c1. The number of methoxy groups -OCH3 is 1. The van der Waals surface area contributed by atoms with Crippen LogP contribution in [0, 0.1) is 0 Å². The Kier molecular flexibility index (Phi) is 5.26. The first kappa shape index (κ1) is 19.7. The number of hydrogen-bond donors (Lipinski definition) is 1. The summed E-state index contributed by atoms with van der Waals surface area (Å²) in [7, 11) is 1.57. The van der Waals surface area contributed by atoms with Crippen LogP contribution in [0.2, 0.25) is 0 Å². The van der Waals surface area contributed by atoms with E-state index >= 15 is 0 Å². The number of rotatable bonds is 4. The van der Waals surface area contributed by atoms with Crippen LogP contribution < -0.4 is 9.47 Å². The van der Waals surface area contributed by atoms with Crippen LogP contribution in [0.5, 0.6) is 11.6 Å². The van der Waals surface area contributed by atoms with E-state index in [9.17, 15) is 14.7 Å². The number of hydrogen-bond acceptors (Lipinski definition) is 7. The molecule has 1 aliphatic heterocycles. The first-order valence-electron chi connectivity index (χ1n) is 8.86. The Morgan fingerprint density at radius 3 is 2.64 bits per heavy atom. The van der Waals surface area contributed by atoms with E-state index in [-0.39, 0.29) is 13.0 Å². The molecule has 1 aromatic carbocycles. The molecule has 3 rings (SSSR count). The molecule has 9 heteroatoms. The summed E-state index contributed by atoms with van der Waals surface area (Å²) < 4.78 is 16.5. The van der Waals surface area contributed by atoms with Gasteiger partial charge in [-0.05, 0) is 32.9 Å². The van der Waals surface area contributed by atoms with E-state index in [0.29, 0.717) is 22.5 Å². The first-order chi connectivity index (χ1) is 13.2. The highest BCUT2D eigenvalue weighted by molar-refractivity contribution is 5.84. The van der Waals surface area contributed by atoms with Crippen molar-refractivity contribution in [3.63, 3.8) is 0 Å². The maximum absolute atomic E-state index is 12.4. The molecular weight excluding hydrogens is 366 g/mol. The molecule has 1 fully saturated rings. The van der Waals surface area contributed by atoms with E-state index in [2.05, 4.69) is 9.97 Å². The van der Waals surface area contributed by atoms with Crippen LogP contribution >= 0.6 is 0 Å². The van der Waals surface area contributed by atoms with E-state index in [1.807, 2.05) is 0 Å². The Morgan fingerprint density at radius 1 is 1.25 bits per heavy atom. The Balaban J connectivity index is 1.81. The molecule has 0 radical (unpaired) electrons. The second kappa shape index (κ2) is 7.49. The van der Waals surface area contributed by atoms with E-state index in [0.717, 1.165) is 0 Å². The second-order valence-electron chi connectivity index (χ2n) is 7.52. The minimum atomic E-state index is -1.10. The number of likely N-dealkylation sites (tertiary alicyclic amines) is 1. The van der Waals surface area contributed by atoms with Crippen molar-refractivity contribution in [1.82, 2.24) is 14.9 Å². The number of carboxylic acid groups (broad SMARTS) is 1. The van der Waals surface area contributed by atoms with Gasteiger partial charge in [-0.1, -0.05) is 0 Å². The Hall–Kier alpha value is -3.10. The van der Waals surface area contributed by atoms with Crippen molar-refractivity contribution in [2.45, 2.75) is 44.9 Å². The summed E-state index contributed by atoms with van der Waals surface area (Å²) in [6.07, 6.45) is 0.292. The van der Waals surface area contributed by atoms with Crippen LogP contribution in [0.25, 0.3) is 10.9 Å². The average molecular weight is 389 g/mol. The number of fused-ring (bicyclic) bond motifs is 1. The van der Waals surface area contributed by atoms with Gasteiger partial charge in [0.15, 0.2) is 0 Å². The van der Waals surface area contributed by atoms with Crippen LogP contribution in [-0.4, -0.2) is 63.4 Å². The lowest BCUT2D eigenvalue weighted by molar-refractivity contribution is -0.142. The number of aliphatic carboxylic acids is 1. The molecular formula is C19H23N3O6. The summed E-state index contributed by atoms with van der Waals surface area (Å²) in [4.78, 5) is 33.6. The normalized spacial score (nSPS) is 19.5. The molecule has 28 heavy (non-hydrogen) atoms. The van der Waals surface area contributed by atoms with Crippen molar-refractivity contribution >= 4 is 23.0 Å².